The van der Waals surface area contributed by atoms with E-state index in [1.54, 1.807) is 31.1 Å². The second-order valence-corrected chi connectivity index (χ2v) is 7.72. The van der Waals surface area contributed by atoms with Crippen LogP contribution in [0.3, 0.4) is 0 Å². The topological polar surface area (TPSA) is 91.1 Å². The maximum Gasteiger partial charge on any atom is 0.513 e. The van der Waals surface area contributed by atoms with E-state index in [0.29, 0.717) is 18.7 Å². The number of anilines is 1. The second kappa shape index (κ2) is 9.83. The minimum Gasteiger partial charge on any atom is -0.497 e. The molecule has 166 valence electrons. The molecule has 0 aliphatic carbocycles. The molecular formula is C24H30N2O5. The van der Waals surface area contributed by atoms with Gasteiger partial charge in [0.25, 0.3) is 0 Å². The van der Waals surface area contributed by atoms with Crippen molar-refractivity contribution in [2.75, 3.05) is 25.2 Å². The standard InChI is InChI=1S/C24H30N2O5/c1-5-30-24(28)31-19-11-15(2)20(16(3)12-19)14-21(25)23(27)26-10-6-7-17-13-18(29-4)8-9-22(17)26/h8-9,11-13,21H,5-7,10,14,25H2,1-4H3/t21-/m1/s1. The molecule has 1 aliphatic heterocycles. The fraction of sp³-hybridized carbons (Fsp3) is 0.417. The molecular weight excluding hydrogens is 396 g/mol. The summed E-state index contributed by atoms with van der Waals surface area (Å²) < 4.78 is 15.3. The van der Waals surface area contributed by atoms with E-state index in [1.807, 2.05) is 32.0 Å². The van der Waals surface area contributed by atoms with Gasteiger partial charge in [0.15, 0.2) is 0 Å². The molecule has 0 bridgehead atoms. The van der Waals surface area contributed by atoms with Crippen LogP contribution in [0.2, 0.25) is 0 Å². The molecule has 0 radical (unpaired) electrons. The molecule has 2 aromatic carbocycles. The van der Waals surface area contributed by atoms with Crippen molar-refractivity contribution in [1.29, 1.82) is 0 Å². The first-order valence-electron chi connectivity index (χ1n) is 10.5. The minimum atomic E-state index is -0.735. The molecule has 1 heterocycles. The normalized spacial score (nSPS) is 13.9. The van der Waals surface area contributed by atoms with Gasteiger partial charge in [0.05, 0.1) is 19.8 Å². The summed E-state index contributed by atoms with van der Waals surface area (Å²) in [6, 6.07) is 8.62. The number of carbonyl (C=O) groups is 2. The summed E-state index contributed by atoms with van der Waals surface area (Å²) >= 11 is 0. The van der Waals surface area contributed by atoms with Crippen LogP contribution >= 0.6 is 0 Å². The molecule has 3 rings (SSSR count). The van der Waals surface area contributed by atoms with Crippen LogP contribution in [0.5, 0.6) is 11.5 Å². The highest BCUT2D eigenvalue weighted by Gasteiger charge is 2.28. The van der Waals surface area contributed by atoms with Crippen molar-refractivity contribution < 1.29 is 23.8 Å². The second-order valence-electron chi connectivity index (χ2n) is 7.72. The van der Waals surface area contributed by atoms with Gasteiger partial charge in [-0.25, -0.2) is 4.79 Å². The number of nitrogens with two attached hydrogens (primary N) is 1. The quantitative estimate of drug-likeness (QED) is 0.559. The van der Waals surface area contributed by atoms with Gasteiger partial charge in [-0.3, -0.25) is 4.79 Å². The fourth-order valence-corrected chi connectivity index (χ4v) is 4.01. The number of rotatable bonds is 6. The molecule has 0 spiro atoms. The Morgan fingerprint density at radius 2 is 1.84 bits per heavy atom. The van der Waals surface area contributed by atoms with E-state index in [2.05, 4.69) is 0 Å². The van der Waals surface area contributed by atoms with Crippen molar-refractivity contribution in [1.82, 2.24) is 0 Å². The van der Waals surface area contributed by atoms with E-state index in [-0.39, 0.29) is 12.5 Å². The first-order chi connectivity index (χ1) is 14.8. The van der Waals surface area contributed by atoms with Crippen LogP contribution in [0.1, 0.15) is 35.6 Å². The van der Waals surface area contributed by atoms with E-state index in [1.165, 1.54) is 0 Å². The summed E-state index contributed by atoms with van der Waals surface area (Å²) in [7, 11) is 1.64. The molecule has 7 heteroatoms. The van der Waals surface area contributed by atoms with Crippen LogP contribution in [-0.4, -0.2) is 38.4 Å². The minimum absolute atomic E-state index is 0.100. The van der Waals surface area contributed by atoms with Gasteiger partial charge in [0, 0.05) is 12.2 Å². The number of ether oxygens (including phenoxy) is 3. The molecule has 31 heavy (non-hydrogen) atoms. The molecule has 0 fully saturated rings. The zero-order chi connectivity index (χ0) is 22.5. The predicted molar refractivity (Wildman–Crippen MR) is 119 cm³/mol. The van der Waals surface area contributed by atoms with Crippen LogP contribution in [0, 0.1) is 13.8 Å². The highest BCUT2D eigenvalue weighted by molar-refractivity contribution is 5.98. The molecule has 0 saturated heterocycles. The SMILES string of the molecule is CCOC(=O)Oc1cc(C)c(C[C@@H](N)C(=O)N2CCCc3cc(OC)ccc32)c(C)c1. The Kier molecular flexibility index (Phi) is 7.17. The first-order valence-corrected chi connectivity index (χ1v) is 10.5. The summed E-state index contributed by atoms with van der Waals surface area (Å²) in [5.74, 6) is 1.10. The summed E-state index contributed by atoms with van der Waals surface area (Å²) in [6.45, 7) is 6.45. The molecule has 2 aromatic rings. The van der Waals surface area contributed by atoms with Crippen molar-refractivity contribution in [3.8, 4) is 11.5 Å². The Bertz CT molecular complexity index is 949. The van der Waals surface area contributed by atoms with Gasteiger partial charge < -0.3 is 24.8 Å². The highest BCUT2D eigenvalue weighted by atomic mass is 16.7. The third kappa shape index (κ3) is 5.17. The highest BCUT2D eigenvalue weighted by Crippen LogP contribution is 2.31. The average molecular weight is 427 g/mol. The molecule has 0 aromatic heterocycles. The largest absolute Gasteiger partial charge is 0.513 e. The van der Waals surface area contributed by atoms with Gasteiger partial charge in [0.1, 0.15) is 11.5 Å². The van der Waals surface area contributed by atoms with Gasteiger partial charge >= 0.3 is 6.16 Å². The van der Waals surface area contributed by atoms with Crippen molar-refractivity contribution in [2.24, 2.45) is 5.73 Å². The van der Waals surface area contributed by atoms with Crippen LogP contribution in [-0.2, 0) is 22.4 Å². The molecule has 1 aliphatic rings. The lowest BCUT2D eigenvalue weighted by Crippen LogP contribution is -2.47. The molecule has 1 amide bonds. The zero-order valence-corrected chi connectivity index (χ0v) is 18.6. The van der Waals surface area contributed by atoms with Crippen molar-refractivity contribution in [3.63, 3.8) is 0 Å². The van der Waals surface area contributed by atoms with Gasteiger partial charge in [0.2, 0.25) is 5.91 Å². The van der Waals surface area contributed by atoms with Gasteiger partial charge in [-0.2, -0.15) is 0 Å². The number of hydrogen-bond acceptors (Lipinski definition) is 6. The Hall–Kier alpha value is -3.06. The molecule has 2 N–H and O–H groups in total. The maximum absolute atomic E-state index is 13.2. The number of carbonyl (C=O) groups excluding carboxylic acids is 2. The lowest BCUT2D eigenvalue weighted by molar-refractivity contribution is -0.119. The zero-order valence-electron chi connectivity index (χ0n) is 18.6. The lowest BCUT2D eigenvalue weighted by atomic mass is 9.94. The summed E-state index contributed by atoms with van der Waals surface area (Å²) in [4.78, 5) is 26.6. The number of amides is 1. The van der Waals surface area contributed by atoms with E-state index < -0.39 is 12.2 Å². The molecule has 0 unspecified atom stereocenters. The Morgan fingerprint density at radius 1 is 1.13 bits per heavy atom. The number of fused-ring (bicyclic) bond motifs is 1. The maximum atomic E-state index is 13.2. The van der Waals surface area contributed by atoms with Crippen LogP contribution in [0.25, 0.3) is 0 Å². The molecule has 7 nitrogen and oxygen atoms in total. The summed E-state index contributed by atoms with van der Waals surface area (Å²) in [5.41, 5.74) is 11.2. The van der Waals surface area contributed by atoms with Crippen molar-refractivity contribution in [2.45, 2.75) is 46.1 Å². The first kappa shape index (κ1) is 22.6. The molecule has 1 atom stereocenters. The van der Waals surface area contributed by atoms with Gasteiger partial charge in [-0.05, 0) is 92.6 Å². The van der Waals surface area contributed by atoms with Gasteiger partial charge in [-0.1, -0.05) is 0 Å². The van der Waals surface area contributed by atoms with E-state index in [0.717, 1.165) is 46.5 Å². The number of nitrogens with zero attached hydrogens (tertiary/aromatic N) is 1. The third-order valence-electron chi connectivity index (χ3n) is 5.55. The predicted octanol–water partition coefficient (Wildman–Crippen LogP) is 3.70. The van der Waals surface area contributed by atoms with Crippen LogP contribution in [0.15, 0.2) is 30.3 Å². The van der Waals surface area contributed by atoms with Gasteiger partial charge in [-0.15, -0.1) is 0 Å². The number of benzene rings is 2. The van der Waals surface area contributed by atoms with E-state index in [9.17, 15) is 9.59 Å². The van der Waals surface area contributed by atoms with Crippen LogP contribution in [0.4, 0.5) is 10.5 Å². The number of aryl methyl sites for hydroxylation is 3. The summed E-state index contributed by atoms with van der Waals surface area (Å²) in [6.07, 6.45) is 1.46. The number of methoxy groups -OCH3 is 1. The monoisotopic (exact) mass is 426 g/mol. The van der Waals surface area contributed by atoms with E-state index in [4.69, 9.17) is 19.9 Å². The Labute approximate surface area is 183 Å². The van der Waals surface area contributed by atoms with E-state index >= 15 is 0 Å². The van der Waals surface area contributed by atoms with Crippen molar-refractivity contribution in [3.05, 3.63) is 52.6 Å². The molecule has 0 saturated carbocycles. The fourth-order valence-electron chi connectivity index (χ4n) is 4.01. The summed E-state index contributed by atoms with van der Waals surface area (Å²) in [5, 5.41) is 0. The lowest BCUT2D eigenvalue weighted by Gasteiger charge is -2.32. The third-order valence-corrected chi connectivity index (χ3v) is 5.55. The smallest absolute Gasteiger partial charge is 0.497 e. The van der Waals surface area contributed by atoms with Crippen LogP contribution < -0.4 is 20.1 Å². The number of hydrogen-bond donors (Lipinski definition) is 1. The Balaban J connectivity index is 1.75. The Morgan fingerprint density at radius 3 is 2.48 bits per heavy atom. The average Bonchev–Trinajstić information content (AvgIpc) is 2.74. The van der Waals surface area contributed by atoms with Crippen molar-refractivity contribution >= 4 is 17.7 Å².